The normalized spacial score (nSPS) is 21.3. The number of hydrogen-bond acceptors (Lipinski definition) is 2. The highest BCUT2D eigenvalue weighted by Crippen LogP contribution is 2.30. The molecule has 1 saturated carbocycles. The predicted molar refractivity (Wildman–Crippen MR) is 92.5 cm³/mol. The van der Waals surface area contributed by atoms with Crippen LogP contribution in [0.3, 0.4) is 0 Å². The van der Waals surface area contributed by atoms with Crippen molar-refractivity contribution in [1.29, 1.82) is 0 Å². The number of H-pyrrole nitrogens is 1. The Morgan fingerprint density at radius 3 is 2.65 bits per heavy atom. The van der Waals surface area contributed by atoms with Crippen LogP contribution in [0.4, 0.5) is 4.79 Å². The first-order chi connectivity index (χ1) is 10.9. The summed E-state index contributed by atoms with van der Waals surface area (Å²) >= 11 is 0. The van der Waals surface area contributed by atoms with E-state index in [1.54, 1.807) is 0 Å². The fraction of sp³-hybridized carbons (Fsp3) is 0.667. The minimum atomic E-state index is -0.179. The second-order valence-electron chi connectivity index (χ2n) is 7.07. The highest BCUT2D eigenvalue weighted by molar-refractivity contribution is 5.74. The third-order valence-electron chi connectivity index (χ3n) is 4.91. The van der Waals surface area contributed by atoms with Crippen molar-refractivity contribution in [2.45, 2.75) is 66.0 Å². The van der Waals surface area contributed by atoms with Crippen LogP contribution in [0.1, 0.15) is 56.4 Å². The van der Waals surface area contributed by atoms with Crippen LogP contribution in [0.15, 0.2) is 10.9 Å². The quantitative estimate of drug-likeness (QED) is 0.798. The summed E-state index contributed by atoms with van der Waals surface area (Å²) in [6, 6.07) is 1.98. The van der Waals surface area contributed by atoms with Crippen molar-refractivity contribution >= 4 is 6.03 Å². The Kier molecular flexibility index (Phi) is 5.85. The fourth-order valence-electron chi connectivity index (χ4n) is 3.63. The number of hydrogen-bond donors (Lipinski definition) is 3. The number of aryl methyl sites for hydroxylation is 2. The Balaban J connectivity index is 1.94. The number of amides is 2. The van der Waals surface area contributed by atoms with Crippen LogP contribution >= 0.6 is 0 Å². The number of pyridine rings is 1. The van der Waals surface area contributed by atoms with Gasteiger partial charge in [0.05, 0.1) is 6.54 Å². The van der Waals surface area contributed by atoms with Gasteiger partial charge in [-0.25, -0.2) is 4.79 Å². The van der Waals surface area contributed by atoms with E-state index in [0.29, 0.717) is 17.4 Å². The molecule has 1 fully saturated rings. The molecule has 2 amide bonds. The van der Waals surface area contributed by atoms with E-state index in [2.05, 4.69) is 29.5 Å². The van der Waals surface area contributed by atoms with E-state index < -0.39 is 0 Å². The van der Waals surface area contributed by atoms with Gasteiger partial charge in [-0.05, 0) is 50.2 Å². The second-order valence-corrected chi connectivity index (χ2v) is 7.07. The van der Waals surface area contributed by atoms with Gasteiger partial charge in [-0.1, -0.05) is 26.7 Å². The van der Waals surface area contributed by atoms with Crippen LogP contribution in [0.2, 0.25) is 0 Å². The largest absolute Gasteiger partial charge is 0.335 e. The van der Waals surface area contributed by atoms with Crippen LogP contribution in [-0.4, -0.2) is 17.1 Å². The number of aromatic amines is 1. The van der Waals surface area contributed by atoms with Gasteiger partial charge in [0.2, 0.25) is 0 Å². The third-order valence-corrected chi connectivity index (χ3v) is 4.91. The maximum atomic E-state index is 12.2. The number of rotatable bonds is 4. The van der Waals surface area contributed by atoms with E-state index in [9.17, 15) is 9.59 Å². The van der Waals surface area contributed by atoms with Crippen LogP contribution in [0, 0.1) is 25.7 Å². The zero-order chi connectivity index (χ0) is 17.0. The lowest BCUT2D eigenvalue weighted by Gasteiger charge is -2.34. The molecule has 0 aliphatic heterocycles. The minimum Gasteiger partial charge on any atom is -0.335 e. The molecular weight excluding hydrogens is 290 g/mol. The molecule has 0 radical (unpaired) electrons. The van der Waals surface area contributed by atoms with Crippen LogP contribution in [0.5, 0.6) is 0 Å². The topological polar surface area (TPSA) is 74.0 Å². The highest BCUT2D eigenvalue weighted by atomic mass is 16.2. The van der Waals surface area contributed by atoms with E-state index in [4.69, 9.17) is 0 Å². The minimum absolute atomic E-state index is 0.125. The molecule has 2 atom stereocenters. The summed E-state index contributed by atoms with van der Waals surface area (Å²) in [5.74, 6) is 1.11. The maximum absolute atomic E-state index is 12.2. The maximum Gasteiger partial charge on any atom is 0.315 e. The van der Waals surface area contributed by atoms with Gasteiger partial charge >= 0.3 is 6.03 Å². The van der Waals surface area contributed by atoms with Crippen molar-refractivity contribution in [2.75, 3.05) is 0 Å². The summed E-state index contributed by atoms with van der Waals surface area (Å²) in [5.41, 5.74) is 2.24. The molecule has 2 rings (SSSR count). The molecule has 3 N–H and O–H groups in total. The molecule has 1 heterocycles. The summed E-state index contributed by atoms with van der Waals surface area (Å²) in [6.07, 6.45) is 4.64. The average molecular weight is 319 g/mol. The number of aromatic nitrogens is 1. The van der Waals surface area contributed by atoms with Crippen LogP contribution < -0.4 is 16.2 Å². The van der Waals surface area contributed by atoms with Gasteiger partial charge in [-0.2, -0.15) is 0 Å². The summed E-state index contributed by atoms with van der Waals surface area (Å²) in [5, 5.41) is 5.95. The molecule has 0 bridgehead atoms. The lowest BCUT2D eigenvalue weighted by molar-refractivity contribution is 0.194. The van der Waals surface area contributed by atoms with Gasteiger partial charge in [0.25, 0.3) is 5.56 Å². The monoisotopic (exact) mass is 319 g/mol. The van der Waals surface area contributed by atoms with Gasteiger partial charge in [-0.3, -0.25) is 4.79 Å². The van der Waals surface area contributed by atoms with Crippen molar-refractivity contribution in [2.24, 2.45) is 11.8 Å². The van der Waals surface area contributed by atoms with Gasteiger partial charge in [0.15, 0.2) is 0 Å². The molecular formula is C18H29N3O2. The summed E-state index contributed by atoms with van der Waals surface area (Å²) in [4.78, 5) is 27.0. The molecule has 0 aromatic carbocycles. The van der Waals surface area contributed by atoms with Crippen LogP contribution in [0.25, 0.3) is 0 Å². The number of nitrogens with one attached hydrogen (secondary N) is 3. The summed E-state index contributed by atoms with van der Waals surface area (Å²) in [7, 11) is 0. The lowest BCUT2D eigenvalue weighted by atomic mass is 9.78. The lowest BCUT2D eigenvalue weighted by Crippen LogP contribution is -2.48. The fourth-order valence-corrected chi connectivity index (χ4v) is 3.63. The molecule has 1 aliphatic carbocycles. The first-order valence-corrected chi connectivity index (χ1v) is 8.62. The highest BCUT2D eigenvalue weighted by Gasteiger charge is 2.28. The Morgan fingerprint density at radius 1 is 1.30 bits per heavy atom. The summed E-state index contributed by atoms with van der Waals surface area (Å²) < 4.78 is 0. The molecule has 5 nitrogen and oxygen atoms in total. The molecule has 0 spiro atoms. The van der Waals surface area contributed by atoms with Crippen molar-refractivity contribution in [3.8, 4) is 0 Å². The molecule has 1 aromatic heterocycles. The predicted octanol–water partition coefficient (Wildman–Crippen LogP) is 3.01. The van der Waals surface area contributed by atoms with Gasteiger partial charge in [0.1, 0.15) is 0 Å². The molecule has 1 aliphatic rings. The van der Waals surface area contributed by atoms with Crippen molar-refractivity contribution in [3.63, 3.8) is 0 Å². The Morgan fingerprint density at radius 2 is 2.00 bits per heavy atom. The van der Waals surface area contributed by atoms with E-state index in [1.165, 1.54) is 19.3 Å². The van der Waals surface area contributed by atoms with Gasteiger partial charge in [0, 0.05) is 17.3 Å². The SMILES string of the molecule is Cc1cc(C)c(CNC(=O)NC2CCCCC2C(C)C)c(=O)[nH]1. The zero-order valence-corrected chi connectivity index (χ0v) is 14.7. The first-order valence-electron chi connectivity index (χ1n) is 8.62. The Bertz CT molecular complexity index is 607. The average Bonchev–Trinajstić information content (AvgIpc) is 2.46. The van der Waals surface area contributed by atoms with E-state index in [0.717, 1.165) is 17.7 Å². The second kappa shape index (κ2) is 7.66. The van der Waals surface area contributed by atoms with Gasteiger partial charge in [-0.15, -0.1) is 0 Å². The standard InChI is InChI=1S/C18H29N3O2/c1-11(2)14-7-5-6-8-16(14)21-18(23)19-10-15-12(3)9-13(4)20-17(15)22/h9,11,14,16H,5-8,10H2,1-4H3,(H,20,22)(H2,19,21,23). The first kappa shape index (κ1) is 17.6. The molecule has 1 aromatic rings. The number of urea groups is 1. The number of carbonyl (C=O) groups excluding carboxylic acids is 1. The van der Waals surface area contributed by atoms with E-state index in [-0.39, 0.29) is 24.2 Å². The van der Waals surface area contributed by atoms with Gasteiger partial charge < -0.3 is 15.6 Å². The van der Waals surface area contributed by atoms with Crippen molar-refractivity contribution < 1.29 is 4.79 Å². The van der Waals surface area contributed by atoms with E-state index in [1.807, 2.05) is 19.9 Å². The smallest absolute Gasteiger partial charge is 0.315 e. The van der Waals surface area contributed by atoms with Crippen LogP contribution in [-0.2, 0) is 6.54 Å². The molecule has 128 valence electrons. The zero-order valence-electron chi connectivity index (χ0n) is 14.7. The number of carbonyl (C=O) groups is 1. The molecule has 2 unspecified atom stereocenters. The van der Waals surface area contributed by atoms with Crippen molar-refractivity contribution in [1.82, 2.24) is 15.6 Å². The van der Waals surface area contributed by atoms with E-state index >= 15 is 0 Å². The Hall–Kier alpha value is -1.78. The van der Waals surface area contributed by atoms with Crippen molar-refractivity contribution in [3.05, 3.63) is 33.2 Å². The summed E-state index contributed by atoms with van der Waals surface area (Å²) in [6.45, 7) is 8.45. The molecule has 23 heavy (non-hydrogen) atoms. The third kappa shape index (κ3) is 4.60. The Labute approximate surface area is 138 Å². The molecule has 5 heteroatoms. The molecule has 0 saturated heterocycles.